The maximum absolute atomic E-state index is 11.8. The fourth-order valence-corrected chi connectivity index (χ4v) is 4.93. The molecule has 0 aliphatic rings. The number of carboxylic acid groups (broad SMARTS) is 1. The number of fused-ring (bicyclic) bond motifs is 1. The highest BCUT2D eigenvalue weighted by Gasteiger charge is 2.18. The number of rotatable bonds is 7. The van der Waals surface area contributed by atoms with Gasteiger partial charge in [0.1, 0.15) is 17.0 Å². The summed E-state index contributed by atoms with van der Waals surface area (Å²) in [5.74, 6) is -0.910. The lowest BCUT2D eigenvalue weighted by atomic mass is 10.2. The molecule has 0 unspecified atom stereocenters. The van der Waals surface area contributed by atoms with Gasteiger partial charge in [-0.1, -0.05) is 23.9 Å². The molecule has 1 aromatic carbocycles. The van der Waals surface area contributed by atoms with Crippen molar-refractivity contribution in [3.8, 4) is 5.75 Å². The normalized spacial score (nSPS) is 10.8. The number of benzene rings is 1. The van der Waals surface area contributed by atoms with Crippen molar-refractivity contribution in [3.05, 3.63) is 40.5 Å². The molecule has 0 bridgehead atoms. The van der Waals surface area contributed by atoms with Crippen molar-refractivity contribution in [1.29, 1.82) is 0 Å². The lowest BCUT2D eigenvalue weighted by molar-refractivity contribution is -0.142. The lowest BCUT2D eigenvalue weighted by Crippen LogP contribution is -2.07. The van der Waals surface area contributed by atoms with Gasteiger partial charge in [-0.15, -0.1) is 11.3 Å². The first-order valence-electron chi connectivity index (χ1n) is 8.43. The third kappa shape index (κ3) is 4.26. The molecule has 9 heteroatoms. The van der Waals surface area contributed by atoms with E-state index in [9.17, 15) is 14.7 Å². The molecule has 2 heterocycles. The topological polar surface area (TPSA) is 98.6 Å². The molecule has 3 aromatic rings. The van der Waals surface area contributed by atoms with Crippen LogP contribution in [0.1, 0.15) is 28.0 Å². The van der Waals surface area contributed by atoms with E-state index in [0.717, 1.165) is 16.0 Å². The molecule has 7 nitrogen and oxygen atoms in total. The lowest BCUT2D eigenvalue weighted by Gasteiger charge is -2.09. The zero-order valence-corrected chi connectivity index (χ0v) is 17.1. The van der Waals surface area contributed by atoms with Gasteiger partial charge in [0.15, 0.2) is 4.34 Å². The molecule has 3 rings (SSSR count). The summed E-state index contributed by atoms with van der Waals surface area (Å²) in [6.45, 7) is 3.94. The molecule has 0 amide bonds. The van der Waals surface area contributed by atoms with Gasteiger partial charge in [-0.05, 0) is 26.0 Å². The predicted molar refractivity (Wildman–Crippen MR) is 107 cm³/mol. The number of methoxy groups -OCH3 is 1. The number of carboxylic acids is 1. The number of carbonyl (C=O) groups is 2. The number of aromatic carboxylic acids is 1. The molecule has 0 saturated carbocycles. The van der Waals surface area contributed by atoms with Crippen molar-refractivity contribution in [3.63, 3.8) is 0 Å². The van der Waals surface area contributed by atoms with Crippen LogP contribution in [0.3, 0.4) is 0 Å². The average molecular weight is 418 g/mol. The standard InChI is InChI=1S/C19H18N2O5S2/c1-4-26-16(22)9-14-10(2)20-19(27-14)28-15-8-12(18(23)24)21-17-11(15)6-5-7-13(17)25-3/h5-8H,4,9H2,1-3H3,(H,23,24). The molecular formula is C19H18N2O5S2. The van der Waals surface area contributed by atoms with Crippen LogP contribution in [-0.4, -0.2) is 40.7 Å². The van der Waals surface area contributed by atoms with E-state index in [2.05, 4.69) is 9.97 Å². The summed E-state index contributed by atoms with van der Waals surface area (Å²) in [6.07, 6.45) is 0.170. The number of esters is 1. The highest BCUT2D eigenvalue weighted by molar-refractivity contribution is 8.01. The van der Waals surface area contributed by atoms with E-state index in [0.29, 0.717) is 27.1 Å². The molecule has 2 aromatic heterocycles. The zero-order valence-electron chi connectivity index (χ0n) is 15.5. The van der Waals surface area contributed by atoms with Gasteiger partial charge in [-0.2, -0.15) is 0 Å². The smallest absolute Gasteiger partial charge is 0.354 e. The van der Waals surface area contributed by atoms with Crippen molar-refractivity contribution in [1.82, 2.24) is 9.97 Å². The van der Waals surface area contributed by atoms with Crippen molar-refractivity contribution < 1.29 is 24.2 Å². The van der Waals surface area contributed by atoms with E-state index >= 15 is 0 Å². The van der Waals surface area contributed by atoms with Crippen LogP contribution in [0, 0.1) is 6.92 Å². The second-order valence-corrected chi connectivity index (χ2v) is 8.11. The summed E-state index contributed by atoms with van der Waals surface area (Å²) in [7, 11) is 1.52. The summed E-state index contributed by atoms with van der Waals surface area (Å²) in [6, 6.07) is 6.95. The van der Waals surface area contributed by atoms with Gasteiger partial charge in [-0.25, -0.2) is 14.8 Å². The zero-order chi connectivity index (χ0) is 20.3. The molecule has 0 aliphatic heterocycles. The van der Waals surface area contributed by atoms with Gasteiger partial charge >= 0.3 is 11.9 Å². The first-order chi connectivity index (χ1) is 13.4. The molecule has 0 aliphatic carbocycles. The van der Waals surface area contributed by atoms with Crippen molar-refractivity contribution in [2.75, 3.05) is 13.7 Å². The highest BCUT2D eigenvalue weighted by Crippen LogP contribution is 2.39. The maximum Gasteiger partial charge on any atom is 0.354 e. The third-order valence-electron chi connectivity index (χ3n) is 3.88. The Kier molecular flexibility index (Phi) is 6.15. The number of pyridine rings is 1. The van der Waals surface area contributed by atoms with Gasteiger partial charge < -0.3 is 14.6 Å². The van der Waals surface area contributed by atoms with Crippen LogP contribution < -0.4 is 4.74 Å². The summed E-state index contributed by atoms with van der Waals surface area (Å²) in [5.41, 5.74) is 1.17. The van der Waals surface area contributed by atoms with Crippen LogP contribution >= 0.6 is 23.1 Å². The first-order valence-corrected chi connectivity index (χ1v) is 10.1. The minimum atomic E-state index is -1.12. The van der Waals surface area contributed by atoms with Crippen molar-refractivity contribution >= 4 is 45.9 Å². The van der Waals surface area contributed by atoms with E-state index in [1.165, 1.54) is 36.3 Å². The van der Waals surface area contributed by atoms with E-state index in [1.807, 2.05) is 19.1 Å². The van der Waals surface area contributed by atoms with Crippen LogP contribution in [0.5, 0.6) is 5.75 Å². The first kappa shape index (κ1) is 20.1. The van der Waals surface area contributed by atoms with Crippen LogP contribution in [0.25, 0.3) is 10.9 Å². The number of para-hydroxylation sites is 1. The fourth-order valence-electron chi connectivity index (χ4n) is 2.60. The maximum atomic E-state index is 11.8. The van der Waals surface area contributed by atoms with Crippen molar-refractivity contribution in [2.24, 2.45) is 0 Å². The van der Waals surface area contributed by atoms with E-state index < -0.39 is 5.97 Å². The van der Waals surface area contributed by atoms with Gasteiger partial charge in [-0.3, -0.25) is 4.79 Å². The minimum absolute atomic E-state index is 0.0699. The highest BCUT2D eigenvalue weighted by atomic mass is 32.2. The van der Waals surface area contributed by atoms with Crippen LogP contribution in [-0.2, 0) is 16.0 Å². The number of nitrogens with zero attached hydrogens (tertiary/aromatic N) is 2. The number of hydrogen-bond donors (Lipinski definition) is 1. The molecule has 146 valence electrons. The minimum Gasteiger partial charge on any atom is -0.494 e. The second kappa shape index (κ2) is 8.57. The number of aryl methyl sites for hydroxylation is 1. The second-order valence-electron chi connectivity index (χ2n) is 5.74. The summed E-state index contributed by atoms with van der Waals surface area (Å²) >= 11 is 2.73. The Hall–Kier alpha value is -2.65. The summed E-state index contributed by atoms with van der Waals surface area (Å²) < 4.78 is 11.0. The summed E-state index contributed by atoms with van der Waals surface area (Å²) in [5, 5.41) is 10.2. The SMILES string of the molecule is CCOC(=O)Cc1sc(Sc2cc(C(=O)O)nc3c(OC)cccc23)nc1C. The Balaban J connectivity index is 2.00. The Labute approximate surface area is 169 Å². The Morgan fingerprint density at radius 2 is 2.07 bits per heavy atom. The van der Waals surface area contributed by atoms with Crippen molar-refractivity contribution in [2.45, 2.75) is 29.5 Å². The van der Waals surface area contributed by atoms with Gasteiger partial charge in [0.2, 0.25) is 0 Å². The predicted octanol–water partition coefficient (Wildman–Crippen LogP) is 3.96. The summed E-state index contributed by atoms with van der Waals surface area (Å²) in [4.78, 5) is 33.5. The number of aromatic nitrogens is 2. The molecule has 0 atom stereocenters. The number of hydrogen-bond acceptors (Lipinski definition) is 8. The Morgan fingerprint density at radius 1 is 1.29 bits per heavy atom. The Bertz CT molecular complexity index is 1050. The van der Waals surface area contributed by atoms with Crippen LogP contribution in [0.2, 0.25) is 0 Å². The van der Waals surface area contributed by atoms with Gasteiger partial charge in [0.05, 0.1) is 25.8 Å². The average Bonchev–Trinajstić information content (AvgIpc) is 3.00. The largest absolute Gasteiger partial charge is 0.494 e. The van der Waals surface area contributed by atoms with Crippen LogP contribution in [0.4, 0.5) is 0 Å². The molecule has 0 saturated heterocycles. The fraction of sp³-hybridized carbons (Fsp3) is 0.263. The van der Waals surface area contributed by atoms with Crippen LogP contribution in [0.15, 0.2) is 33.5 Å². The number of ether oxygens (including phenoxy) is 2. The Morgan fingerprint density at radius 3 is 2.75 bits per heavy atom. The van der Waals surface area contributed by atoms with Gasteiger partial charge in [0, 0.05) is 15.2 Å². The van der Waals surface area contributed by atoms with E-state index in [1.54, 1.807) is 13.0 Å². The molecule has 28 heavy (non-hydrogen) atoms. The van der Waals surface area contributed by atoms with E-state index in [4.69, 9.17) is 9.47 Å². The third-order valence-corrected chi connectivity index (χ3v) is 6.16. The quantitative estimate of drug-likeness (QED) is 0.576. The molecular weight excluding hydrogens is 400 g/mol. The molecule has 0 fully saturated rings. The molecule has 0 radical (unpaired) electrons. The monoisotopic (exact) mass is 418 g/mol. The van der Waals surface area contributed by atoms with Gasteiger partial charge in [0.25, 0.3) is 0 Å². The molecule has 0 spiro atoms. The van der Waals surface area contributed by atoms with E-state index in [-0.39, 0.29) is 18.1 Å². The number of thiazole rings is 1. The molecule has 1 N–H and O–H groups in total. The number of carbonyl (C=O) groups excluding carboxylic acids is 1.